The second-order valence-electron chi connectivity index (χ2n) is 7.34. The summed E-state index contributed by atoms with van der Waals surface area (Å²) in [6.45, 7) is 6.81. The molecule has 0 saturated heterocycles. The Kier molecular flexibility index (Phi) is 8.12. The molecule has 2 aromatic carbocycles. The van der Waals surface area contributed by atoms with Gasteiger partial charge in [0, 0.05) is 23.7 Å². The maximum atomic E-state index is 6.05. The van der Waals surface area contributed by atoms with E-state index in [-0.39, 0.29) is 0 Å². The van der Waals surface area contributed by atoms with E-state index in [1.165, 1.54) is 0 Å². The number of ether oxygens (including phenoxy) is 2. The first kappa shape index (κ1) is 23.3. The van der Waals surface area contributed by atoms with Crippen LogP contribution in [0.15, 0.2) is 42.5 Å². The Bertz CT molecular complexity index is 1060. The molecule has 0 amide bonds. The lowest BCUT2D eigenvalue weighted by atomic mass is 10.2. The molecule has 8 heteroatoms. The van der Waals surface area contributed by atoms with Crippen molar-refractivity contribution >= 4 is 23.8 Å². The number of halogens is 1. The predicted molar refractivity (Wildman–Crippen MR) is 127 cm³/mol. The third kappa shape index (κ3) is 5.67. The van der Waals surface area contributed by atoms with Gasteiger partial charge in [0.25, 0.3) is 0 Å². The highest BCUT2D eigenvalue weighted by Crippen LogP contribution is 2.28. The molecule has 0 radical (unpaired) electrons. The number of nitrogens with zero attached hydrogens (tertiary/aromatic N) is 4. The molecule has 6 nitrogen and oxygen atoms in total. The zero-order chi connectivity index (χ0) is 22.4. The van der Waals surface area contributed by atoms with Gasteiger partial charge in [-0.15, -0.1) is 0 Å². The number of methoxy groups -OCH3 is 1. The molecule has 0 bridgehead atoms. The molecule has 0 unspecified atom stereocenters. The molecule has 0 fully saturated rings. The fourth-order valence-electron chi connectivity index (χ4n) is 3.45. The Morgan fingerprint density at radius 3 is 2.48 bits per heavy atom. The highest BCUT2D eigenvalue weighted by atomic mass is 35.5. The molecule has 166 valence electrons. The standard InChI is InChI=1S/C23H29ClN4O2S/c1-5-13-27-22(18-8-10-19(24)11-9-18)25-28(23(27)31)16-26(3)15-17-7-12-20(30-6-2)21(14-17)29-4/h7-12,14H,5-6,13,15-16H2,1-4H3. The topological polar surface area (TPSA) is 44.5 Å². The van der Waals surface area contributed by atoms with Gasteiger partial charge >= 0.3 is 0 Å². The number of rotatable bonds is 10. The van der Waals surface area contributed by atoms with Crippen molar-refractivity contribution in [3.63, 3.8) is 0 Å². The molecule has 0 atom stereocenters. The van der Waals surface area contributed by atoms with E-state index in [0.717, 1.165) is 48.0 Å². The van der Waals surface area contributed by atoms with Crippen LogP contribution < -0.4 is 9.47 Å². The molecular formula is C23H29ClN4O2S. The maximum absolute atomic E-state index is 6.05. The molecule has 1 aromatic heterocycles. The van der Waals surface area contributed by atoms with Crippen molar-refractivity contribution in [1.29, 1.82) is 0 Å². The summed E-state index contributed by atoms with van der Waals surface area (Å²) in [6.07, 6.45) is 0.975. The van der Waals surface area contributed by atoms with Crippen LogP contribution in [0.25, 0.3) is 11.4 Å². The van der Waals surface area contributed by atoms with Gasteiger partial charge < -0.3 is 9.47 Å². The highest BCUT2D eigenvalue weighted by molar-refractivity contribution is 7.71. The third-order valence-corrected chi connectivity index (χ3v) is 5.51. The van der Waals surface area contributed by atoms with Crippen LogP contribution >= 0.6 is 23.8 Å². The summed E-state index contributed by atoms with van der Waals surface area (Å²) in [5, 5.41) is 5.53. The Morgan fingerprint density at radius 1 is 1.10 bits per heavy atom. The quantitative estimate of drug-likeness (QED) is 0.366. The zero-order valence-electron chi connectivity index (χ0n) is 18.5. The monoisotopic (exact) mass is 460 g/mol. The first-order chi connectivity index (χ1) is 15.0. The molecule has 0 aliphatic carbocycles. The van der Waals surface area contributed by atoms with Crippen molar-refractivity contribution in [2.24, 2.45) is 0 Å². The van der Waals surface area contributed by atoms with Gasteiger partial charge in [-0.05, 0) is 74.6 Å². The van der Waals surface area contributed by atoms with Gasteiger partial charge in [0.05, 0.1) is 20.4 Å². The zero-order valence-corrected chi connectivity index (χ0v) is 20.0. The smallest absolute Gasteiger partial charge is 0.199 e. The predicted octanol–water partition coefficient (Wildman–Crippen LogP) is 5.64. The van der Waals surface area contributed by atoms with Gasteiger partial charge in [0.1, 0.15) is 0 Å². The van der Waals surface area contributed by atoms with Crippen LogP contribution in [-0.4, -0.2) is 40.0 Å². The van der Waals surface area contributed by atoms with Crippen LogP contribution in [0.5, 0.6) is 11.5 Å². The summed E-state index contributed by atoms with van der Waals surface area (Å²) >= 11 is 11.8. The van der Waals surface area contributed by atoms with Crippen molar-refractivity contribution < 1.29 is 9.47 Å². The average Bonchev–Trinajstić information content (AvgIpc) is 3.05. The van der Waals surface area contributed by atoms with E-state index in [1.54, 1.807) is 7.11 Å². The van der Waals surface area contributed by atoms with Gasteiger partial charge in [-0.25, -0.2) is 4.68 Å². The fraction of sp³-hybridized carbons (Fsp3) is 0.391. The molecule has 1 heterocycles. The van der Waals surface area contributed by atoms with Crippen LogP contribution in [0.4, 0.5) is 0 Å². The molecule has 0 saturated carbocycles. The van der Waals surface area contributed by atoms with Gasteiger partial charge in [-0.2, -0.15) is 5.10 Å². The van der Waals surface area contributed by atoms with Crippen LogP contribution in [0.2, 0.25) is 5.02 Å². The van der Waals surface area contributed by atoms with E-state index < -0.39 is 0 Å². The van der Waals surface area contributed by atoms with Crippen LogP contribution in [0, 0.1) is 4.77 Å². The Balaban J connectivity index is 1.81. The molecule has 0 aliphatic heterocycles. The van der Waals surface area contributed by atoms with E-state index in [9.17, 15) is 0 Å². The Morgan fingerprint density at radius 2 is 1.84 bits per heavy atom. The second-order valence-corrected chi connectivity index (χ2v) is 8.14. The summed E-state index contributed by atoms with van der Waals surface area (Å²) < 4.78 is 15.8. The van der Waals surface area contributed by atoms with Gasteiger partial charge in [0.15, 0.2) is 22.1 Å². The molecular weight excluding hydrogens is 432 g/mol. The summed E-state index contributed by atoms with van der Waals surface area (Å²) in [6, 6.07) is 13.7. The first-order valence-electron chi connectivity index (χ1n) is 10.4. The van der Waals surface area contributed by atoms with Crippen LogP contribution in [0.1, 0.15) is 25.8 Å². The van der Waals surface area contributed by atoms with Gasteiger partial charge in [0.2, 0.25) is 0 Å². The van der Waals surface area contributed by atoms with Gasteiger partial charge in [-0.1, -0.05) is 24.6 Å². The van der Waals surface area contributed by atoms with Crippen LogP contribution in [-0.2, 0) is 19.8 Å². The lowest BCUT2D eigenvalue weighted by molar-refractivity contribution is 0.243. The largest absolute Gasteiger partial charge is 0.493 e. The Labute approximate surface area is 194 Å². The minimum absolute atomic E-state index is 0.575. The van der Waals surface area contributed by atoms with Crippen molar-refractivity contribution in [3.8, 4) is 22.9 Å². The van der Waals surface area contributed by atoms with Crippen molar-refractivity contribution in [3.05, 3.63) is 57.8 Å². The molecule has 0 N–H and O–H groups in total. The van der Waals surface area contributed by atoms with E-state index in [2.05, 4.69) is 22.5 Å². The number of hydrogen-bond acceptors (Lipinski definition) is 5. The molecule has 3 aromatic rings. The van der Waals surface area contributed by atoms with Gasteiger partial charge in [-0.3, -0.25) is 9.47 Å². The number of benzene rings is 2. The van der Waals surface area contributed by atoms with E-state index in [1.807, 2.05) is 55.1 Å². The SMILES string of the molecule is CCCn1c(-c2ccc(Cl)cc2)nn(CN(C)Cc2ccc(OCC)c(OC)c2)c1=S. The summed E-state index contributed by atoms with van der Waals surface area (Å²) in [5.74, 6) is 2.35. The minimum atomic E-state index is 0.575. The van der Waals surface area contributed by atoms with Crippen LogP contribution in [0.3, 0.4) is 0 Å². The van der Waals surface area contributed by atoms with Crippen molar-refractivity contribution in [2.75, 3.05) is 20.8 Å². The van der Waals surface area contributed by atoms with Crippen molar-refractivity contribution in [2.45, 2.75) is 40.0 Å². The average molecular weight is 461 g/mol. The summed E-state index contributed by atoms with van der Waals surface area (Å²) in [5.41, 5.74) is 2.13. The van der Waals surface area contributed by atoms with E-state index in [0.29, 0.717) is 23.1 Å². The number of hydrogen-bond donors (Lipinski definition) is 0. The highest BCUT2D eigenvalue weighted by Gasteiger charge is 2.14. The van der Waals surface area contributed by atoms with Crippen molar-refractivity contribution in [1.82, 2.24) is 19.2 Å². The van der Waals surface area contributed by atoms with E-state index in [4.69, 9.17) is 38.4 Å². The third-order valence-electron chi connectivity index (χ3n) is 4.83. The summed E-state index contributed by atoms with van der Waals surface area (Å²) in [7, 11) is 3.70. The second kappa shape index (κ2) is 10.8. The molecule has 0 aliphatic rings. The molecule has 0 spiro atoms. The lowest BCUT2D eigenvalue weighted by Crippen LogP contribution is -2.22. The Hall–Kier alpha value is -2.35. The normalized spacial score (nSPS) is 11.2. The lowest BCUT2D eigenvalue weighted by Gasteiger charge is -2.18. The fourth-order valence-corrected chi connectivity index (χ4v) is 3.85. The molecule has 31 heavy (non-hydrogen) atoms. The number of aromatic nitrogens is 3. The van der Waals surface area contributed by atoms with E-state index >= 15 is 0 Å². The summed E-state index contributed by atoms with van der Waals surface area (Å²) in [4.78, 5) is 2.17. The minimum Gasteiger partial charge on any atom is -0.493 e. The molecule has 3 rings (SSSR count). The first-order valence-corrected chi connectivity index (χ1v) is 11.2. The maximum Gasteiger partial charge on any atom is 0.199 e.